The molecule has 1 amide bonds. The first kappa shape index (κ1) is 13.5. The lowest BCUT2D eigenvalue weighted by atomic mass is 10.2. The average Bonchev–Trinajstić information content (AvgIpc) is 2.29. The molecule has 0 saturated carbocycles. The third-order valence-electron chi connectivity index (χ3n) is 1.72. The molecule has 0 radical (unpaired) electrons. The summed E-state index contributed by atoms with van der Waals surface area (Å²) in [5.74, 6) is 0.766. The van der Waals surface area contributed by atoms with Crippen molar-refractivity contribution in [1.82, 2.24) is 5.32 Å². The lowest BCUT2D eigenvalue weighted by Gasteiger charge is -2.07. The van der Waals surface area contributed by atoms with Crippen molar-refractivity contribution in [3.63, 3.8) is 0 Å². The van der Waals surface area contributed by atoms with E-state index in [0.717, 1.165) is 11.3 Å². The van der Waals surface area contributed by atoms with Crippen LogP contribution >= 0.6 is 0 Å². The van der Waals surface area contributed by atoms with Crippen LogP contribution in [0.4, 0.5) is 0 Å². The van der Waals surface area contributed by atoms with Gasteiger partial charge in [0, 0.05) is 19.0 Å². The first-order valence-corrected chi connectivity index (χ1v) is 5.10. The van der Waals surface area contributed by atoms with E-state index < -0.39 is 0 Å². The molecule has 0 fully saturated rings. The molecule has 0 aromatic heterocycles. The molecule has 84 valence electrons. The Kier molecular flexibility index (Phi) is 7.06. The minimum atomic E-state index is -0.0362. The molecule has 3 heteroatoms. The van der Waals surface area contributed by atoms with E-state index in [9.17, 15) is 4.79 Å². The predicted molar refractivity (Wildman–Crippen MR) is 61.9 cm³/mol. The lowest BCUT2D eigenvalue weighted by Crippen LogP contribution is -2.19. The maximum absolute atomic E-state index is 10.7. The van der Waals surface area contributed by atoms with Gasteiger partial charge in [0.15, 0.2) is 0 Å². The first-order chi connectivity index (χ1) is 7.24. The largest absolute Gasteiger partial charge is 0.496 e. The van der Waals surface area contributed by atoms with Crippen LogP contribution in [0.5, 0.6) is 5.75 Å². The third kappa shape index (κ3) is 5.05. The van der Waals surface area contributed by atoms with E-state index in [-0.39, 0.29) is 5.91 Å². The molecule has 0 aliphatic carbocycles. The number of benzene rings is 1. The van der Waals surface area contributed by atoms with Gasteiger partial charge in [0.05, 0.1) is 7.11 Å². The van der Waals surface area contributed by atoms with Gasteiger partial charge in [-0.25, -0.2) is 0 Å². The molecule has 3 nitrogen and oxygen atoms in total. The fourth-order valence-corrected chi connectivity index (χ4v) is 1.07. The zero-order valence-corrected chi connectivity index (χ0v) is 9.83. The highest BCUT2D eigenvalue weighted by molar-refractivity contribution is 5.72. The Morgan fingerprint density at radius 3 is 2.47 bits per heavy atom. The Labute approximate surface area is 91.5 Å². The zero-order valence-electron chi connectivity index (χ0n) is 9.83. The van der Waals surface area contributed by atoms with E-state index in [0.29, 0.717) is 6.54 Å². The number of hydrogen-bond donors (Lipinski definition) is 1. The van der Waals surface area contributed by atoms with Crippen molar-refractivity contribution < 1.29 is 9.53 Å². The Balaban J connectivity index is 0.000000921. The van der Waals surface area contributed by atoms with E-state index in [4.69, 9.17) is 4.74 Å². The van der Waals surface area contributed by atoms with Gasteiger partial charge in [0.2, 0.25) is 5.91 Å². The number of carbonyl (C=O) groups excluding carboxylic acids is 1. The smallest absolute Gasteiger partial charge is 0.217 e. The van der Waals surface area contributed by atoms with Gasteiger partial charge in [-0.15, -0.1) is 0 Å². The minimum Gasteiger partial charge on any atom is -0.496 e. The second-order valence-corrected chi connectivity index (χ2v) is 2.72. The number of methoxy groups -OCH3 is 1. The summed E-state index contributed by atoms with van der Waals surface area (Å²) in [6.45, 7) is 6.01. The van der Waals surface area contributed by atoms with Crippen LogP contribution in [-0.4, -0.2) is 13.0 Å². The standard InChI is InChI=1S/C10H13NO2.C2H6/c1-8(12)11-7-9-5-3-4-6-10(9)13-2;1-2/h3-6H,7H2,1-2H3,(H,11,12);1-2H3. The molecule has 0 bridgehead atoms. The molecule has 0 aliphatic rings. The Morgan fingerprint density at radius 2 is 1.93 bits per heavy atom. The molecule has 1 aromatic rings. The van der Waals surface area contributed by atoms with Gasteiger partial charge >= 0.3 is 0 Å². The molecule has 0 atom stereocenters. The number of rotatable bonds is 3. The van der Waals surface area contributed by atoms with Crippen molar-refractivity contribution in [3.05, 3.63) is 29.8 Å². The summed E-state index contributed by atoms with van der Waals surface area (Å²) in [6.07, 6.45) is 0. The Morgan fingerprint density at radius 1 is 1.33 bits per heavy atom. The first-order valence-electron chi connectivity index (χ1n) is 5.10. The Bertz CT molecular complexity index is 297. The summed E-state index contributed by atoms with van der Waals surface area (Å²) >= 11 is 0. The molecule has 0 spiro atoms. The molecule has 0 saturated heterocycles. The minimum absolute atomic E-state index is 0.0362. The maximum atomic E-state index is 10.7. The molecule has 0 aliphatic heterocycles. The number of amides is 1. The average molecular weight is 209 g/mol. The van der Waals surface area contributed by atoms with Gasteiger partial charge in [-0.1, -0.05) is 32.0 Å². The van der Waals surface area contributed by atoms with Crippen LogP contribution in [-0.2, 0) is 11.3 Å². The normalized spacial score (nSPS) is 8.53. The van der Waals surface area contributed by atoms with Gasteiger partial charge in [0.25, 0.3) is 0 Å². The van der Waals surface area contributed by atoms with Crippen LogP contribution in [0.1, 0.15) is 26.3 Å². The second-order valence-electron chi connectivity index (χ2n) is 2.72. The van der Waals surface area contributed by atoms with Gasteiger partial charge in [-0.3, -0.25) is 4.79 Å². The molecular weight excluding hydrogens is 190 g/mol. The monoisotopic (exact) mass is 209 g/mol. The van der Waals surface area contributed by atoms with Crippen molar-refractivity contribution in [3.8, 4) is 5.75 Å². The van der Waals surface area contributed by atoms with Crippen molar-refractivity contribution >= 4 is 5.91 Å². The van der Waals surface area contributed by atoms with E-state index >= 15 is 0 Å². The van der Waals surface area contributed by atoms with Crippen LogP contribution in [0.3, 0.4) is 0 Å². The fourth-order valence-electron chi connectivity index (χ4n) is 1.07. The molecule has 1 rings (SSSR count). The van der Waals surface area contributed by atoms with E-state index in [1.165, 1.54) is 6.92 Å². The fraction of sp³-hybridized carbons (Fsp3) is 0.417. The van der Waals surface area contributed by atoms with Gasteiger partial charge in [0.1, 0.15) is 5.75 Å². The van der Waals surface area contributed by atoms with Crippen molar-refractivity contribution in [2.75, 3.05) is 7.11 Å². The van der Waals surface area contributed by atoms with E-state index in [1.807, 2.05) is 38.1 Å². The molecule has 0 unspecified atom stereocenters. The zero-order chi connectivity index (χ0) is 11.7. The van der Waals surface area contributed by atoms with Crippen LogP contribution < -0.4 is 10.1 Å². The van der Waals surface area contributed by atoms with Crippen molar-refractivity contribution in [1.29, 1.82) is 0 Å². The lowest BCUT2D eigenvalue weighted by molar-refractivity contribution is -0.119. The van der Waals surface area contributed by atoms with Crippen LogP contribution in [0.25, 0.3) is 0 Å². The topological polar surface area (TPSA) is 38.3 Å². The molecular formula is C12H19NO2. The summed E-state index contributed by atoms with van der Waals surface area (Å²) < 4.78 is 5.13. The predicted octanol–water partition coefficient (Wildman–Crippen LogP) is 2.36. The highest BCUT2D eigenvalue weighted by Crippen LogP contribution is 2.16. The van der Waals surface area contributed by atoms with Gasteiger partial charge < -0.3 is 10.1 Å². The van der Waals surface area contributed by atoms with Crippen molar-refractivity contribution in [2.45, 2.75) is 27.3 Å². The summed E-state index contributed by atoms with van der Waals surface area (Å²) in [6, 6.07) is 7.61. The molecule has 1 aromatic carbocycles. The highest BCUT2D eigenvalue weighted by Gasteiger charge is 2.00. The number of hydrogen-bond acceptors (Lipinski definition) is 2. The van der Waals surface area contributed by atoms with E-state index in [1.54, 1.807) is 7.11 Å². The molecule has 1 N–H and O–H groups in total. The van der Waals surface area contributed by atoms with Crippen LogP contribution in [0, 0.1) is 0 Å². The third-order valence-corrected chi connectivity index (χ3v) is 1.72. The van der Waals surface area contributed by atoms with Crippen molar-refractivity contribution in [2.24, 2.45) is 0 Å². The van der Waals surface area contributed by atoms with Crippen LogP contribution in [0.2, 0.25) is 0 Å². The number of carbonyl (C=O) groups is 1. The van der Waals surface area contributed by atoms with Gasteiger partial charge in [-0.2, -0.15) is 0 Å². The summed E-state index contributed by atoms with van der Waals surface area (Å²) in [5.41, 5.74) is 0.986. The maximum Gasteiger partial charge on any atom is 0.217 e. The number of ether oxygens (including phenoxy) is 1. The van der Waals surface area contributed by atoms with Crippen LogP contribution in [0.15, 0.2) is 24.3 Å². The summed E-state index contributed by atoms with van der Waals surface area (Å²) in [4.78, 5) is 10.7. The van der Waals surface area contributed by atoms with E-state index in [2.05, 4.69) is 5.32 Å². The summed E-state index contributed by atoms with van der Waals surface area (Å²) in [5, 5.41) is 2.72. The highest BCUT2D eigenvalue weighted by atomic mass is 16.5. The molecule has 15 heavy (non-hydrogen) atoms. The van der Waals surface area contributed by atoms with Gasteiger partial charge in [-0.05, 0) is 6.07 Å². The SMILES string of the molecule is CC.COc1ccccc1CNC(C)=O. The molecule has 0 heterocycles. The second kappa shape index (κ2) is 7.85. The number of para-hydroxylation sites is 1. The Hall–Kier alpha value is -1.51. The number of nitrogens with one attached hydrogen (secondary N) is 1. The summed E-state index contributed by atoms with van der Waals surface area (Å²) in [7, 11) is 1.62. The quantitative estimate of drug-likeness (QED) is 0.830.